The van der Waals surface area contributed by atoms with E-state index in [1.54, 1.807) is 37.3 Å². The smallest absolute Gasteiger partial charge is 0.319 e. The summed E-state index contributed by atoms with van der Waals surface area (Å²) in [5.74, 6) is 0.282. The largest absolute Gasteiger partial charge is 0.488 e. The molecule has 3 aliphatic rings. The van der Waals surface area contributed by atoms with Crippen molar-refractivity contribution < 1.29 is 23.5 Å². The first-order valence-corrected chi connectivity index (χ1v) is 14.3. The summed E-state index contributed by atoms with van der Waals surface area (Å²) in [6.07, 6.45) is 3.36. The lowest BCUT2D eigenvalue weighted by molar-refractivity contribution is -0.0344. The Balaban J connectivity index is 1.16. The molecule has 220 valence electrons. The number of nitrogens with one attached hydrogen (secondary N) is 1. The van der Waals surface area contributed by atoms with Gasteiger partial charge in [-0.05, 0) is 68.3 Å². The van der Waals surface area contributed by atoms with Gasteiger partial charge in [-0.25, -0.2) is 19.2 Å². The van der Waals surface area contributed by atoms with Crippen molar-refractivity contribution in [3.05, 3.63) is 66.2 Å². The van der Waals surface area contributed by atoms with E-state index in [-0.39, 0.29) is 41.0 Å². The number of ether oxygens (including phenoxy) is 2. The highest BCUT2D eigenvalue weighted by atomic mass is 19.1. The van der Waals surface area contributed by atoms with E-state index in [1.165, 1.54) is 17.0 Å². The van der Waals surface area contributed by atoms with Gasteiger partial charge in [0.05, 0.1) is 23.9 Å². The number of carbonyl (C=O) groups excluding carboxylic acids is 2. The van der Waals surface area contributed by atoms with Crippen molar-refractivity contribution in [3.63, 3.8) is 0 Å². The molecule has 2 aromatic heterocycles. The van der Waals surface area contributed by atoms with Gasteiger partial charge in [-0.1, -0.05) is 0 Å². The minimum atomic E-state index is -0.351. The van der Waals surface area contributed by atoms with Gasteiger partial charge in [-0.15, -0.1) is 0 Å². The number of rotatable bonds is 8. The fraction of sp³-hybridized carbons (Fsp3) is 0.419. The maximum Gasteiger partial charge on any atom is 0.319 e. The first kappa shape index (κ1) is 27.7. The Bertz CT molecular complexity index is 1460. The zero-order valence-electron chi connectivity index (χ0n) is 24.0. The van der Waals surface area contributed by atoms with E-state index in [1.807, 2.05) is 31.2 Å². The molecule has 1 spiro atoms. The second-order valence-electron chi connectivity index (χ2n) is 11.6. The number of hydrogen-bond acceptors (Lipinski definition) is 7. The molecular formula is C31H35FN6O4. The second kappa shape index (κ2) is 11.1. The van der Waals surface area contributed by atoms with Gasteiger partial charge in [0.1, 0.15) is 11.9 Å². The van der Waals surface area contributed by atoms with Gasteiger partial charge in [0, 0.05) is 57.6 Å². The summed E-state index contributed by atoms with van der Waals surface area (Å²) in [6, 6.07) is 13.6. The van der Waals surface area contributed by atoms with Crippen LogP contribution >= 0.6 is 0 Å². The van der Waals surface area contributed by atoms with Crippen molar-refractivity contribution in [3.8, 4) is 22.9 Å². The Kier molecular flexibility index (Phi) is 7.34. The molecule has 1 aliphatic carbocycles. The summed E-state index contributed by atoms with van der Waals surface area (Å²) in [6.45, 7) is 5.00. The molecule has 42 heavy (non-hydrogen) atoms. The van der Waals surface area contributed by atoms with Gasteiger partial charge in [-0.2, -0.15) is 0 Å². The minimum Gasteiger partial charge on any atom is -0.488 e. The molecule has 4 heterocycles. The minimum absolute atomic E-state index is 0.0335. The number of nitrogens with zero attached hydrogens (tertiary/aromatic N) is 5. The Hall–Kier alpha value is -4.41. The van der Waals surface area contributed by atoms with Crippen LogP contribution in [-0.4, -0.2) is 90.7 Å². The summed E-state index contributed by atoms with van der Waals surface area (Å²) in [4.78, 5) is 40.2. The summed E-state index contributed by atoms with van der Waals surface area (Å²) in [7, 11) is 3.41. The van der Waals surface area contributed by atoms with Gasteiger partial charge in [0.25, 0.3) is 5.91 Å². The molecular weight excluding hydrogens is 539 g/mol. The SMILES string of the molecule is CCOc1ncccc1-c1ccc(OC2CC3(C2)CN(c2ccc(F)cc2)C3)c(C(=O)NC2CN(C(=O)N(C)C)C2)n1. The van der Waals surface area contributed by atoms with Crippen molar-refractivity contribution in [1.29, 1.82) is 0 Å². The van der Waals surface area contributed by atoms with Crippen molar-refractivity contribution in [1.82, 2.24) is 25.1 Å². The molecule has 1 aromatic carbocycles. The summed E-state index contributed by atoms with van der Waals surface area (Å²) in [5.41, 5.74) is 2.63. The quantitative estimate of drug-likeness (QED) is 0.437. The monoisotopic (exact) mass is 574 g/mol. The highest BCUT2D eigenvalue weighted by Crippen LogP contribution is 2.51. The number of amides is 3. The number of pyridine rings is 2. The third-order valence-corrected chi connectivity index (χ3v) is 8.13. The van der Waals surface area contributed by atoms with Crippen molar-refractivity contribution in [2.75, 3.05) is 51.8 Å². The van der Waals surface area contributed by atoms with E-state index in [2.05, 4.69) is 15.2 Å². The standard InChI is InChI=1S/C31H35FN6O4/c1-4-41-29-24(6-5-13-33-29)25-11-12-26(27(35-25)28(39)34-21-16-37(17-21)30(40)36(2)3)42-23-14-31(15-23)18-38(19-31)22-9-7-20(32)8-10-22/h5-13,21,23H,4,14-19H2,1-3H3,(H,34,39). The van der Waals surface area contributed by atoms with Crippen LogP contribution in [0.4, 0.5) is 14.9 Å². The molecule has 3 aromatic rings. The summed E-state index contributed by atoms with van der Waals surface area (Å²) >= 11 is 0. The van der Waals surface area contributed by atoms with Crippen LogP contribution in [0.15, 0.2) is 54.7 Å². The Morgan fingerprint density at radius 2 is 1.83 bits per heavy atom. The van der Waals surface area contributed by atoms with Crippen molar-refractivity contribution in [2.24, 2.45) is 5.41 Å². The Morgan fingerprint density at radius 1 is 1.10 bits per heavy atom. The molecule has 2 aliphatic heterocycles. The van der Waals surface area contributed by atoms with E-state index in [0.29, 0.717) is 42.6 Å². The number of hydrogen-bond donors (Lipinski definition) is 1. The zero-order chi connectivity index (χ0) is 29.4. The third-order valence-electron chi connectivity index (χ3n) is 8.13. The highest BCUT2D eigenvalue weighted by Gasteiger charge is 2.53. The molecule has 1 N–H and O–H groups in total. The zero-order valence-corrected chi connectivity index (χ0v) is 24.0. The first-order valence-electron chi connectivity index (χ1n) is 14.3. The van der Waals surface area contributed by atoms with Crippen LogP contribution in [0.2, 0.25) is 0 Å². The number of carbonyl (C=O) groups is 2. The van der Waals surface area contributed by atoms with Crippen LogP contribution in [0.1, 0.15) is 30.3 Å². The lowest BCUT2D eigenvalue weighted by atomic mass is 9.61. The summed E-state index contributed by atoms with van der Waals surface area (Å²) < 4.78 is 25.4. The van der Waals surface area contributed by atoms with E-state index >= 15 is 0 Å². The summed E-state index contributed by atoms with van der Waals surface area (Å²) in [5, 5.41) is 3.02. The van der Waals surface area contributed by atoms with E-state index in [9.17, 15) is 14.0 Å². The highest BCUT2D eigenvalue weighted by molar-refractivity contribution is 5.96. The van der Waals surface area contributed by atoms with Gasteiger partial charge < -0.3 is 29.5 Å². The van der Waals surface area contributed by atoms with Gasteiger partial charge in [0.2, 0.25) is 5.88 Å². The van der Waals surface area contributed by atoms with E-state index in [4.69, 9.17) is 14.5 Å². The lowest BCUT2D eigenvalue weighted by Gasteiger charge is -2.59. The third kappa shape index (κ3) is 5.43. The molecule has 3 fully saturated rings. The molecule has 0 unspecified atom stereocenters. The average molecular weight is 575 g/mol. The normalized spacial score (nSPS) is 17.6. The van der Waals surface area contributed by atoms with Crippen molar-refractivity contribution in [2.45, 2.75) is 31.9 Å². The fourth-order valence-electron chi connectivity index (χ4n) is 5.98. The molecule has 0 bridgehead atoms. The second-order valence-corrected chi connectivity index (χ2v) is 11.6. The molecule has 0 atom stereocenters. The number of aromatic nitrogens is 2. The maximum atomic E-state index is 13.5. The Labute approximate surface area is 244 Å². The molecule has 0 radical (unpaired) electrons. The predicted octanol–water partition coefficient (Wildman–Crippen LogP) is 3.82. The first-order chi connectivity index (χ1) is 20.2. The lowest BCUT2D eigenvalue weighted by Crippen LogP contribution is -2.65. The van der Waals surface area contributed by atoms with Crippen LogP contribution in [-0.2, 0) is 0 Å². The van der Waals surface area contributed by atoms with Gasteiger partial charge in [0.15, 0.2) is 11.4 Å². The maximum absolute atomic E-state index is 13.5. The van der Waals surface area contributed by atoms with Crippen molar-refractivity contribution >= 4 is 17.6 Å². The van der Waals surface area contributed by atoms with Crippen LogP contribution in [0.25, 0.3) is 11.3 Å². The van der Waals surface area contributed by atoms with E-state index < -0.39 is 0 Å². The van der Waals surface area contributed by atoms with Crippen LogP contribution in [0, 0.1) is 11.2 Å². The molecule has 2 saturated heterocycles. The topological polar surface area (TPSA) is 100 Å². The van der Waals surface area contributed by atoms with Gasteiger partial charge in [-0.3, -0.25) is 4.79 Å². The molecule has 6 rings (SSSR count). The number of anilines is 1. The molecule has 3 amide bonds. The average Bonchev–Trinajstić information content (AvgIpc) is 2.92. The predicted molar refractivity (Wildman–Crippen MR) is 155 cm³/mol. The molecule has 1 saturated carbocycles. The molecule has 10 nitrogen and oxygen atoms in total. The number of urea groups is 1. The number of likely N-dealkylation sites (tertiary alicyclic amines) is 1. The number of halogens is 1. The van der Waals surface area contributed by atoms with Crippen LogP contribution < -0.4 is 19.7 Å². The number of benzene rings is 1. The van der Waals surface area contributed by atoms with Crippen LogP contribution in [0.3, 0.4) is 0 Å². The fourth-order valence-corrected chi connectivity index (χ4v) is 5.98. The van der Waals surface area contributed by atoms with Crippen LogP contribution in [0.5, 0.6) is 11.6 Å². The van der Waals surface area contributed by atoms with E-state index in [0.717, 1.165) is 31.6 Å². The Morgan fingerprint density at radius 3 is 2.52 bits per heavy atom. The van der Waals surface area contributed by atoms with Gasteiger partial charge >= 0.3 is 6.03 Å². The molecule has 11 heteroatoms.